The first-order valence-corrected chi connectivity index (χ1v) is 4.49. The molecule has 2 N–H and O–H groups in total. The molecule has 0 radical (unpaired) electrons. The van der Waals surface area contributed by atoms with Gasteiger partial charge in [-0.2, -0.15) is 0 Å². The Morgan fingerprint density at radius 3 is 3.00 bits per heavy atom. The number of primary amides is 1. The summed E-state index contributed by atoms with van der Waals surface area (Å²) < 4.78 is 13.3. The van der Waals surface area contributed by atoms with Gasteiger partial charge in [0.1, 0.15) is 5.82 Å². The fourth-order valence-corrected chi connectivity index (χ4v) is 1.75. The lowest BCUT2D eigenvalue weighted by molar-refractivity contribution is 0.201. The van der Waals surface area contributed by atoms with Crippen molar-refractivity contribution in [2.24, 2.45) is 5.73 Å². The highest BCUT2D eigenvalue weighted by molar-refractivity contribution is 5.72. The van der Waals surface area contributed by atoms with Gasteiger partial charge in [-0.1, -0.05) is 12.1 Å². The summed E-state index contributed by atoms with van der Waals surface area (Å²) in [5, 5.41) is 0. The van der Waals surface area contributed by atoms with Gasteiger partial charge in [0.15, 0.2) is 0 Å². The van der Waals surface area contributed by atoms with Crippen molar-refractivity contribution < 1.29 is 9.18 Å². The van der Waals surface area contributed by atoms with Crippen molar-refractivity contribution in [3.05, 3.63) is 35.1 Å². The molecule has 2 amide bonds. The maximum absolute atomic E-state index is 13.3. The van der Waals surface area contributed by atoms with Gasteiger partial charge in [0.25, 0.3) is 0 Å². The van der Waals surface area contributed by atoms with Gasteiger partial charge >= 0.3 is 6.03 Å². The Hall–Kier alpha value is -1.58. The molecule has 1 aliphatic heterocycles. The van der Waals surface area contributed by atoms with Crippen molar-refractivity contribution in [1.82, 2.24) is 4.90 Å². The van der Waals surface area contributed by atoms with Crippen LogP contribution in [0.2, 0.25) is 0 Å². The molecule has 1 heterocycles. The number of benzene rings is 1. The molecule has 3 nitrogen and oxygen atoms in total. The molecular formula is C10H11FN2O. The zero-order valence-corrected chi connectivity index (χ0v) is 7.66. The number of urea groups is 1. The minimum Gasteiger partial charge on any atom is -0.351 e. The second kappa shape index (κ2) is 3.29. The predicted octanol–water partition coefficient (Wildman–Crippen LogP) is 1.26. The van der Waals surface area contributed by atoms with Gasteiger partial charge in [-0.05, 0) is 23.6 Å². The molecule has 0 aromatic heterocycles. The highest BCUT2D eigenvalue weighted by Gasteiger charge is 2.20. The monoisotopic (exact) mass is 194 g/mol. The lowest BCUT2D eigenvalue weighted by Gasteiger charge is -2.27. The van der Waals surface area contributed by atoms with Crippen LogP contribution in [0, 0.1) is 5.82 Å². The summed E-state index contributed by atoms with van der Waals surface area (Å²) in [6, 6.07) is 4.48. The summed E-state index contributed by atoms with van der Waals surface area (Å²) in [6.45, 7) is 0.922. The van der Waals surface area contributed by atoms with E-state index < -0.39 is 6.03 Å². The number of nitrogens with two attached hydrogens (primary N) is 1. The van der Waals surface area contributed by atoms with Gasteiger partial charge in [-0.15, -0.1) is 0 Å². The van der Waals surface area contributed by atoms with Crippen LogP contribution >= 0.6 is 0 Å². The van der Waals surface area contributed by atoms with E-state index in [0.29, 0.717) is 25.1 Å². The average Bonchev–Trinajstić information content (AvgIpc) is 2.17. The molecule has 2 rings (SSSR count). The van der Waals surface area contributed by atoms with Gasteiger partial charge in [-0.3, -0.25) is 0 Å². The average molecular weight is 194 g/mol. The Kier molecular flexibility index (Phi) is 2.11. The Bertz CT molecular complexity index is 378. The lowest BCUT2D eigenvalue weighted by Crippen LogP contribution is -2.39. The number of fused-ring (bicyclic) bond motifs is 1. The van der Waals surface area contributed by atoms with Crippen molar-refractivity contribution >= 4 is 6.03 Å². The molecule has 74 valence electrons. The predicted molar refractivity (Wildman–Crippen MR) is 50.1 cm³/mol. The Morgan fingerprint density at radius 1 is 1.50 bits per heavy atom. The summed E-state index contributed by atoms with van der Waals surface area (Å²) >= 11 is 0. The third-order valence-corrected chi connectivity index (χ3v) is 2.52. The molecule has 1 aromatic rings. The normalized spacial score (nSPS) is 15.1. The number of rotatable bonds is 0. The van der Waals surface area contributed by atoms with E-state index in [1.165, 1.54) is 11.0 Å². The van der Waals surface area contributed by atoms with Gasteiger partial charge in [0, 0.05) is 13.1 Å². The minimum atomic E-state index is -0.445. The molecule has 0 saturated heterocycles. The van der Waals surface area contributed by atoms with Crippen LogP contribution < -0.4 is 5.73 Å². The van der Waals surface area contributed by atoms with Gasteiger partial charge in [0.05, 0.1) is 0 Å². The van der Waals surface area contributed by atoms with Crippen LogP contribution in [-0.4, -0.2) is 17.5 Å². The van der Waals surface area contributed by atoms with Crippen LogP contribution in [0.1, 0.15) is 11.1 Å². The number of nitrogens with zero attached hydrogens (tertiary/aromatic N) is 1. The van der Waals surface area contributed by atoms with Crippen molar-refractivity contribution in [1.29, 1.82) is 0 Å². The molecule has 0 spiro atoms. The molecule has 0 bridgehead atoms. The van der Waals surface area contributed by atoms with Crippen LogP contribution in [0.4, 0.5) is 9.18 Å². The Balaban J connectivity index is 2.31. The summed E-state index contributed by atoms with van der Waals surface area (Å²) in [5.74, 6) is -0.188. The molecule has 1 aliphatic rings. The second-order valence-corrected chi connectivity index (χ2v) is 3.39. The molecule has 4 heteroatoms. The molecule has 0 atom stereocenters. The summed E-state index contributed by atoms with van der Waals surface area (Å²) in [6.07, 6.45) is 0.547. The molecule has 0 fully saturated rings. The molecule has 0 aliphatic carbocycles. The van der Waals surface area contributed by atoms with E-state index >= 15 is 0 Å². The van der Waals surface area contributed by atoms with Gasteiger partial charge < -0.3 is 10.6 Å². The van der Waals surface area contributed by atoms with E-state index in [1.807, 2.05) is 6.07 Å². The highest BCUT2D eigenvalue weighted by atomic mass is 19.1. The van der Waals surface area contributed by atoms with E-state index in [2.05, 4.69) is 0 Å². The maximum Gasteiger partial charge on any atom is 0.315 e. The number of hydrogen-bond acceptors (Lipinski definition) is 1. The maximum atomic E-state index is 13.3. The zero-order valence-electron chi connectivity index (χ0n) is 7.66. The number of carbonyl (C=O) groups excluding carboxylic acids is 1. The first kappa shape index (κ1) is 8.99. The first-order valence-electron chi connectivity index (χ1n) is 4.49. The fourth-order valence-electron chi connectivity index (χ4n) is 1.75. The van der Waals surface area contributed by atoms with Crippen molar-refractivity contribution in [2.75, 3.05) is 6.54 Å². The Labute approximate surface area is 81.3 Å². The summed E-state index contributed by atoms with van der Waals surface area (Å²) in [7, 11) is 0. The number of amides is 2. The molecule has 0 saturated carbocycles. The van der Waals surface area contributed by atoms with Crippen LogP contribution in [-0.2, 0) is 13.0 Å². The lowest BCUT2D eigenvalue weighted by atomic mass is 9.99. The van der Waals surface area contributed by atoms with Crippen LogP contribution in [0.5, 0.6) is 0 Å². The van der Waals surface area contributed by atoms with Crippen LogP contribution in [0.3, 0.4) is 0 Å². The zero-order chi connectivity index (χ0) is 10.1. The first-order chi connectivity index (χ1) is 6.68. The van der Waals surface area contributed by atoms with E-state index in [4.69, 9.17) is 5.73 Å². The standard InChI is InChI=1S/C10H11FN2O/c11-9-3-1-2-7-6-13(10(12)14)5-4-8(7)9/h1-3H,4-6H2,(H2,12,14). The topological polar surface area (TPSA) is 46.3 Å². The fraction of sp³-hybridized carbons (Fsp3) is 0.300. The van der Waals surface area contributed by atoms with Crippen molar-refractivity contribution in [3.8, 4) is 0 Å². The SMILES string of the molecule is NC(=O)N1CCc2c(F)cccc2C1. The smallest absolute Gasteiger partial charge is 0.315 e. The summed E-state index contributed by atoms with van der Waals surface area (Å²) in [4.78, 5) is 12.4. The van der Waals surface area contributed by atoms with Crippen LogP contribution in [0.25, 0.3) is 0 Å². The van der Waals surface area contributed by atoms with E-state index in [0.717, 1.165) is 5.56 Å². The van der Waals surface area contributed by atoms with E-state index in [9.17, 15) is 9.18 Å². The quantitative estimate of drug-likeness (QED) is 0.664. The Morgan fingerprint density at radius 2 is 2.29 bits per heavy atom. The molecular weight excluding hydrogens is 183 g/mol. The van der Waals surface area contributed by atoms with Crippen molar-refractivity contribution in [3.63, 3.8) is 0 Å². The summed E-state index contributed by atoms with van der Waals surface area (Å²) in [5.41, 5.74) is 6.73. The highest BCUT2D eigenvalue weighted by Crippen LogP contribution is 2.20. The van der Waals surface area contributed by atoms with Crippen molar-refractivity contribution in [2.45, 2.75) is 13.0 Å². The molecule has 14 heavy (non-hydrogen) atoms. The largest absolute Gasteiger partial charge is 0.351 e. The van der Waals surface area contributed by atoms with E-state index in [-0.39, 0.29) is 5.82 Å². The van der Waals surface area contributed by atoms with E-state index in [1.54, 1.807) is 6.07 Å². The van der Waals surface area contributed by atoms with Crippen LogP contribution in [0.15, 0.2) is 18.2 Å². The second-order valence-electron chi connectivity index (χ2n) is 3.39. The minimum absolute atomic E-state index is 0.188. The third kappa shape index (κ3) is 1.43. The number of hydrogen-bond donors (Lipinski definition) is 1. The number of carbonyl (C=O) groups is 1. The number of halogens is 1. The molecule has 1 aromatic carbocycles. The molecule has 0 unspecified atom stereocenters. The third-order valence-electron chi connectivity index (χ3n) is 2.52. The van der Waals surface area contributed by atoms with Gasteiger partial charge in [0.2, 0.25) is 0 Å². The van der Waals surface area contributed by atoms with Gasteiger partial charge in [-0.25, -0.2) is 9.18 Å².